The van der Waals surface area contributed by atoms with Crippen LogP contribution in [0.4, 0.5) is 4.79 Å². The molecule has 14 heteroatoms. The van der Waals surface area contributed by atoms with Crippen molar-refractivity contribution in [2.24, 2.45) is 11.7 Å². The molecule has 4 rings (SSSR count). The fourth-order valence-electron chi connectivity index (χ4n) is 5.34. The first-order valence-corrected chi connectivity index (χ1v) is 15.2. The van der Waals surface area contributed by atoms with Gasteiger partial charge in [0, 0.05) is 32.7 Å². The number of nitrogens with zero attached hydrogens (tertiary/aromatic N) is 2. The molecule has 2 aromatic rings. The first-order valence-electron chi connectivity index (χ1n) is 13.7. The summed E-state index contributed by atoms with van der Waals surface area (Å²) >= 11 is 0. The van der Waals surface area contributed by atoms with Crippen molar-refractivity contribution in [3.63, 3.8) is 0 Å². The summed E-state index contributed by atoms with van der Waals surface area (Å²) < 4.78 is 28.8. The minimum absolute atomic E-state index is 0.0116. The van der Waals surface area contributed by atoms with E-state index in [4.69, 9.17) is 11.1 Å². The number of carboxylic acid groups (broad SMARTS) is 1. The van der Waals surface area contributed by atoms with Crippen LogP contribution in [0.15, 0.2) is 47.4 Å². The van der Waals surface area contributed by atoms with E-state index in [2.05, 4.69) is 15.4 Å². The Kier molecular flexibility index (Phi) is 9.65. The van der Waals surface area contributed by atoms with Crippen molar-refractivity contribution in [1.82, 2.24) is 25.2 Å². The number of rotatable bonds is 9. The van der Waals surface area contributed by atoms with Crippen molar-refractivity contribution >= 4 is 44.7 Å². The second kappa shape index (κ2) is 13.2. The van der Waals surface area contributed by atoms with E-state index >= 15 is 0 Å². The standard InChI is InChI=1S/C27H37N7O6S/c28-26(29)33-12-5-6-18(17-33)15-30-24(35)22(32-25(36)23-9-3-4-13-34(23)27(37)38)16-31-41(39,40)21-11-10-19-7-1-2-8-20(19)14-21/h1-2,7-8,10-11,14,18,22-23,31H,3-6,9,12-13,15-17H2,(H3,28,29)(H,30,35)(H,32,36)(H,37,38)/t18?,22-,23+/m0/s1. The third kappa shape index (κ3) is 7.64. The molecule has 2 aliphatic heterocycles. The van der Waals surface area contributed by atoms with Gasteiger partial charge in [0.15, 0.2) is 5.96 Å². The maximum Gasteiger partial charge on any atom is 0.407 e. The Hall–Kier alpha value is -3.91. The molecule has 41 heavy (non-hydrogen) atoms. The van der Waals surface area contributed by atoms with Gasteiger partial charge >= 0.3 is 6.09 Å². The van der Waals surface area contributed by atoms with Crippen LogP contribution in [-0.2, 0) is 19.6 Å². The predicted molar refractivity (Wildman–Crippen MR) is 153 cm³/mol. The Labute approximate surface area is 239 Å². The molecule has 0 aromatic heterocycles. The summed E-state index contributed by atoms with van der Waals surface area (Å²) in [5, 5.41) is 24.2. The molecule has 13 nitrogen and oxygen atoms in total. The molecule has 2 saturated heterocycles. The van der Waals surface area contributed by atoms with Crippen molar-refractivity contribution in [3.05, 3.63) is 42.5 Å². The van der Waals surface area contributed by atoms with Gasteiger partial charge < -0.3 is 26.4 Å². The molecule has 2 aliphatic rings. The van der Waals surface area contributed by atoms with Crippen LogP contribution in [0.25, 0.3) is 10.8 Å². The van der Waals surface area contributed by atoms with Crippen molar-refractivity contribution in [2.45, 2.75) is 49.1 Å². The monoisotopic (exact) mass is 587 g/mol. The van der Waals surface area contributed by atoms with Crippen LogP contribution in [0, 0.1) is 11.3 Å². The Morgan fingerprint density at radius 1 is 1.05 bits per heavy atom. The Morgan fingerprint density at radius 3 is 2.54 bits per heavy atom. The Balaban J connectivity index is 1.47. The van der Waals surface area contributed by atoms with Gasteiger partial charge in [0.25, 0.3) is 0 Å². The first-order chi connectivity index (χ1) is 19.5. The van der Waals surface area contributed by atoms with E-state index in [1.165, 1.54) is 12.1 Å². The van der Waals surface area contributed by atoms with Crippen molar-refractivity contribution in [1.29, 1.82) is 5.41 Å². The average Bonchev–Trinajstić information content (AvgIpc) is 2.97. The van der Waals surface area contributed by atoms with E-state index < -0.39 is 46.6 Å². The highest BCUT2D eigenvalue weighted by Crippen LogP contribution is 2.20. The largest absolute Gasteiger partial charge is 0.465 e. The zero-order valence-electron chi connectivity index (χ0n) is 22.7. The maximum atomic E-state index is 13.3. The van der Waals surface area contributed by atoms with Gasteiger partial charge in [-0.15, -0.1) is 0 Å². The number of likely N-dealkylation sites (tertiary alicyclic amines) is 2. The number of guanidine groups is 1. The van der Waals surface area contributed by atoms with Crippen LogP contribution < -0.4 is 21.1 Å². The molecule has 3 amide bonds. The van der Waals surface area contributed by atoms with Crippen molar-refractivity contribution < 1.29 is 27.9 Å². The number of hydrogen-bond donors (Lipinski definition) is 6. The van der Waals surface area contributed by atoms with E-state index in [9.17, 15) is 27.9 Å². The Bertz CT molecular complexity index is 1400. The van der Waals surface area contributed by atoms with Gasteiger partial charge in [-0.2, -0.15) is 0 Å². The molecule has 0 bridgehead atoms. The van der Waals surface area contributed by atoms with E-state index in [1.807, 2.05) is 12.1 Å². The molecule has 3 atom stereocenters. The highest BCUT2D eigenvalue weighted by atomic mass is 32.2. The summed E-state index contributed by atoms with van der Waals surface area (Å²) in [6, 6.07) is 9.73. The minimum Gasteiger partial charge on any atom is -0.465 e. The molecule has 222 valence electrons. The lowest BCUT2D eigenvalue weighted by Gasteiger charge is -2.34. The molecule has 2 fully saturated rings. The van der Waals surface area contributed by atoms with Crippen LogP contribution in [0.2, 0.25) is 0 Å². The van der Waals surface area contributed by atoms with Crippen molar-refractivity contribution in [3.8, 4) is 0 Å². The second-order valence-electron chi connectivity index (χ2n) is 10.5. The number of nitrogens with one attached hydrogen (secondary N) is 4. The van der Waals surface area contributed by atoms with Gasteiger partial charge in [-0.3, -0.25) is 19.9 Å². The van der Waals surface area contributed by atoms with E-state index in [0.29, 0.717) is 32.4 Å². The molecular formula is C27H37N7O6S. The number of benzene rings is 2. The van der Waals surface area contributed by atoms with Gasteiger partial charge in [-0.1, -0.05) is 30.3 Å². The summed E-state index contributed by atoms with van der Waals surface area (Å²) in [7, 11) is -4.05. The number of carbonyl (C=O) groups is 3. The lowest BCUT2D eigenvalue weighted by molar-refractivity contribution is -0.132. The quantitative estimate of drug-likeness (QED) is 0.183. The number of carbonyl (C=O) groups excluding carboxylic acids is 2. The summed E-state index contributed by atoms with van der Waals surface area (Å²) in [5.41, 5.74) is 5.61. The molecule has 0 spiro atoms. The van der Waals surface area contributed by atoms with Crippen LogP contribution in [0.3, 0.4) is 0 Å². The first kappa shape index (κ1) is 30.1. The normalized spacial score (nSPS) is 20.3. The van der Waals surface area contributed by atoms with Crippen LogP contribution in [-0.4, -0.2) is 92.0 Å². The summed E-state index contributed by atoms with van der Waals surface area (Å²) in [5.74, 6) is -1.28. The van der Waals surface area contributed by atoms with Crippen molar-refractivity contribution in [2.75, 3.05) is 32.7 Å². The fourth-order valence-corrected chi connectivity index (χ4v) is 6.42. The molecule has 7 N–H and O–H groups in total. The molecular weight excluding hydrogens is 550 g/mol. The highest BCUT2D eigenvalue weighted by Gasteiger charge is 2.35. The lowest BCUT2D eigenvalue weighted by atomic mass is 9.98. The van der Waals surface area contributed by atoms with Gasteiger partial charge in [-0.05, 0) is 60.9 Å². The number of nitrogens with two attached hydrogens (primary N) is 1. The summed E-state index contributed by atoms with van der Waals surface area (Å²) in [4.78, 5) is 40.9. The van der Waals surface area contributed by atoms with Gasteiger partial charge in [0.2, 0.25) is 21.8 Å². The Morgan fingerprint density at radius 2 is 1.80 bits per heavy atom. The van der Waals surface area contributed by atoms with Crippen LogP contribution in [0.1, 0.15) is 32.1 Å². The molecule has 2 aromatic carbocycles. The van der Waals surface area contributed by atoms with Gasteiger partial charge in [0.1, 0.15) is 12.1 Å². The molecule has 0 radical (unpaired) electrons. The van der Waals surface area contributed by atoms with Crippen LogP contribution in [0.5, 0.6) is 0 Å². The summed E-state index contributed by atoms with van der Waals surface area (Å²) in [6.07, 6.45) is 1.98. The van der Waals surface area contributed by atoms with E-state index in [0.717, 1.165) is 28.5 Å². The SMILES string of the molecule is N=C(N)N1CCCC(CNC(=O)[C@H](CNS(=O)(=O)c2ccc3ccccc3c2)NC(=O)[C@H]2CCCCN2C(=O)O)C1. The third-order valence-corrected chi connectivity index (χ3v) is 9.04. The minimum atomic E-state index is -4.05. The number of sulfonamides is 1. The fraction of sp³-hybridized carbons (Fsp3) is 0.481. The van der Waals surface area contributed by atoms with Gasteiger partial charge in [-0.25, -0.2) is 17.9 Å². The zero-order chi connectivity index (χ0) is 29.6. The predicted octanol–water partition coefficient (Wildman–Crippen LogP) is 0.857. The molecule has 1 unspecified atom stereocenters. The molecule has 0 saturated carbocycles. The van der Waals surface area contributed by atoms with Gasteiger partial charge in [0.05, 0.1) is 4.90 Å². The van der Waals surface area contributed by atoms with E-state index in [-0.39, 0.29) is 29.9 Å². The summed E-state index contributed by atoms with van der Waals surface area (Å²) in [6.45, 7) is 1.18. The van der Waals surface area contributed by atoms with E-state index in [1.54, 1.807) is 23.1 Å². The lowest BCUT2D eigenvalue weighted by Crippen LogP contribution is -2.59. The van der Waals surface area contributed by atoms with Crippen LogP contribution >= 0.6 is 0 Å². The second-order valence-corrected chi connectivity index (χ2v) is 12.3. The number of amides is 3. The molecule has 0 aliphatic carbocycles. The average molecular weight is 588 g/mol. The number of fused-ring (bicyclic) bond motifs is 1. The zero-order valence-corrected chi connectivity index (χ0v) is 23.5. The number of hydrogen-bond acceptors (Lipinski definition) is 6. The highest BCUT2D eigenvalue weighted by molar-refractivity contribution is 7.89. The number of piperidine rings is 2. The molecule has 2 heterocycles. The third-order valence-electron chi connectivity index (χ3n) is 7.62. The maximum absolute atomic E-state index is 13.3. The smallest absolute Gasteiger partial charge is 0.407 e. The topological polar surface area (TPSA) is 198 Å².